The van der Waals surface area contributed by atoms with E-state index in [1.165, 1.54) is 16.8 Å². The molecule has 2 aromatic carbocycles. The lowest BCUT2D eigenvalue weighted by Crippen LogP contribution is -2.16. The first-order chi connectivity index (χ1) is 8.93. The molecule has 0 bridgehead atoms. The van der Waals surface area contributed by atoms with Gasteiger partial charge in [0.2, 0.25) is 0 Å². The molecule has 1 aliphatic rings. The van der Waals surface area contributed by atoms with Crippen LogP contribution in [0.5, 0.6) is 0 Å². The highest BCUT2D eigenvalue weighted by molar-refractivity contribution is 6.01. The van der Waals surface area contributed by atoms with Gasteiger partial charge in [0.25, 0.3) is 0 Å². The number of nitrogens with zero attached hydrogens (tertiary/aromatic N) is 1. The lowest BCUT2D eigenvalue weighted by molar-refractivity contribution is 0.767. The molecule has 0 amide bonds. The maximum Gasteiger partial charge on any atom is 0.0430 e. The van der Waals surface area contributed by atoms with Gasteiger partial charge in [-0.15, -0.1) is 0 Å². The summed E-state index contributed by atoms with van der Waals surface area (Å²) in [5.41, 5.74) is 3.87. The number of hydrogen-bond acceptors (Lipinski definition) is 1. The van der Waals surface area contributed by atoms with Gasteiger partial charge in [-0.25, -0.2) is 0 Å². The van der Waals surface area contributed by atoms with Crippen LogP contribution in [0.2, 0.25) is 0 Å². The van der Waals surface area contributed by atoms with Gasteiger partial charge in [-0.1, -0.05) is 60.7 Å². The Balaban J connectivity index is 1.82. The van der Waals surface area contributed by atoms with E-state index in [9.17, 15) is 0 Å². The third kappa shape index (κ3) is 2.35. The van der Waals surface area contributed by atoms with E-state index in [4.69, 9.17) is 0 Å². The molecule has 3 rings (SSSR count). The second-order valence-corrected chi connectivity index (χ2v) is 4.61. The zero-order chi connectivity index (χ0) is 12.2. The van der Waals surface area contributed by atoms with E-state index in [1.54, 1.807) is 0 Å². The minimum absolute atomic E-state index is 0.499. The predicted octanol–water partition coefficient (Wildman–Crippen LogP) is 3.87. The molecule has 1 aliphatic heterocycles. The topological polar surface area (TPSA) is 12.4 Å². The summed E-state index contributed by atoms with van der Waals surface area (Å²) in [5, 5.41) is 0. The fourth-order valence-electron chi connectivity index (χ4n) is 2.44. The highest BCUT2D eigenvalue weighted by atomic mass is 14.8. The zero-order valence-corrected chi connectivity index (χ0v) is 10.3. The lowest BCUT2D eigenvalue weighted by atomic mass is 9.86. The van der Waals surface area contributed by atoms with Crippen molar-refractivity contribution in [1.82, 2.24) is 0 Å². The Bertz CT molecular complexity index is 528. The summed E-state index contributed by atoms with van der Waals surface area (Å²) in [7, 11) is 0. The van der Waals surface area contributed by atoms with Gasteiger partial charge in [-0.05, 0) is 29.9 Å². The summed E-state index contributed by atoms with van der Waals surface area (Å²) in [4.78, 5) is 4.64. The van der Waals surface area contributed by atoms with Gasteiger partial charge in [0, 0.05) is 12.3 Å². The summed E-state index contributed by atoms with van der Waals surface area (Å²) in [6.07, 6.45) is 3.32. The normalized spacial score (nSPS) is 19.3. The Hall–Kier alpha value is -1.89. The molecule has 0 saturated carbocycles. The number of rotatable bonds is 2. The number of hydrogen-bond donors (Lipinski definition) is 0. The molecule has 0 saturated heterocycles. The van der Waals surface area contributed by atoms with E-state index < -0.39 is 0 Å². The maximum atomic E-state index is 4.64. The average molecular weight is 234 g/mol. The molecule has 0 aromatic heterocycles. The van der Waals surface area contributed by atoms with E-state index in [2.05, 4.69) is 66.0 Å². The first kappa shape index (κ1) is 11.2. The van der Waals surface area contributed by atoms with E-state index in [0.717, 1.165) is 13.0 Å². The minimum Gasteiger partial charge on any atom is -0.289 e. The maximum absolute atomic E-state index is 4.64. The van der Waals surface area contributed by atoms with Crippen LogP contribution >= 0.6 is 0 Å². The van der Waals surface area contributed by atoms with Crippen LogP contribution in [0.4, 0.5) is 0 Å². The largest absolute Gasteiger partial charge is 0.289 e. The van der Waals surface area contributed by atoms with Crippen molar-refractivity contribution in [1.29, 1.82) is 0 Å². The summed E-state index contributed by atoms with van der Waals surface area (Å²) in [6.45, 7) is 0.823. The molecule has 2 aromatic rings. The zero-order valence-electron chi connectivity index (χ0n) is 10.3. The highest BCUT2D eigenvalue weighted by Gasteiger charge is 2.19. The van der Waals surface area contributed by atoms with Crippen LogP contribution in [-0.2, 0) is 0 Å². The Morgan fingerprint density at radius 3 is 2.22 bits per heavy atom. The molecular weight excluding hydrogens is 218 g/mol. The molecule has 0 N–H and O–H groups in total. The number of benzene rings is 2. The molecule has 1 heterocycles. The van der Waals surface area contributed by atoms with Gasteiger partial charge in [-0.2, -0.15) is 0 Å². The van der Waals surface area contributed by atoms with E-state index in [0.29, 0.717) is 5.92 Å². The molecule has 0 spiro atoms. The van der Waals surface area contributed by atoms with Crippen molar-refractivity contribution in [2.24, 2.45) is 4.99 Å². The van der Waals surface area contributed by atoms with E-state index in [1.807, 2.05) is 6.07 Å². The Morgan fingerprint density at radius 1 is 0.833 bits per heavy atom. The summed E-state index contributed by atoms with van der Waals surface area (Å²) >= 11 is 0. The molecular formula is C17H16N. The molecule has 1 unspecified atom stereocenters. The Morgan fingerprint density at radius 2 is 1.50 bits per heavy atom. The van der Waals surface area contributed by atoms with Crippen LogP contribution in [0, 0.1) is 6.42 Å². The second kappa shape index (κ2) is 5.18. The van der Waals surface area contributed by atoms with Gasteiger partial charge in [-0.3, -0.25) is 4.99 Å². The fraction of sp³-hybridized carbons (Fsp3) is 0.176. The average Bonchev–Trinajstić information content (AvgIpc) is 2.49. The highest BCUT2D eigenvalue weighted by Crippen LogP contribution is 2.28. The van der Waals surface area contributed by atoms with Crippen LogP contribution in [-0.4, -0.2) is 12.3 Å². The van der Waals surface area contributed by atoms with Crippen LogP contribution in [0.1, 0.15) is 23.5 Å². The van der Waals surface area contributed by atoms with Gasteiger partial charge in [0.05, 0.1) is 0 Å². The van der Waals surface area contributed by atoms with Crippen molar-refractivity contribution < 1.29 is 0 Å². The van der Waals surface area contributed by atoms with Crippen molar-refractivity contribution in [2.75, 3.05) is 6.54 Å². The summed E-state index contributed by atoms with van der Waals surface area (Å²) in [6, 6.07) is 21.2. The molecule has 1 nitrogen and oxygen atoms in total. The SMILES string of the molecule is [CH]1CN=C(c2ccccc2)CC1c1ccccc1. The van der Waals surface area contributed by atoms with E-state index >= 15 is 0 Å². The molecule has 0 fully saturated rings. The van der Waals surface area contributed by atoms with Crippen LogP contribution in [0.25, 0.3) is 0 Å². The fourth-order valence-corrected chi connectivity index (χ4v) is 2.44. The molecule has 18 heavy (non-hydrogen) atoms. The summed E-state index contributed by atoms with van der Waals surface area (Å²) < 4.78 is 0. The van der Waals surface area contributed by atoms with Crippen molar-refractivity contribution in [3.8, 4) is 0 Å². The van der Waals surface area contributed by atoms with Crippen LogP contribution in [0.3, 0.4) is 0 Å². The van der Waals surface area contributed by atoms with Crippen molar-refractivity contribution in [3.63, 3.8) is 0 Å². The van der Waals surface area contributed by atoms with Crippen molar-refractivity contribution in [3.05, 3.63) is 78.2 Å². The van der Waals surface area contributed by atoms with Gasteiger partial charge in [0.1, 0.15) is 0 Å². The van der Waals surface area contributed by atoms with Crippen molar-refractivity contribution in [2.45, 2.75) is 12.3 Å². The lowest BCUT2D eigenvalue weighted by Gasteiger charge is -2.22. The first-order valence-electron chi connectivity index (χ1n) is 6.40. The Kier molecular flexibility index (Phi) is 3.22. The first-order valence-corrected chi connectivity index (χ1v) is 6.40. The summed E-state index contributed by atoms with van der Waals surface area (Å²) in [5.74, 6) is 0.499. The predicted molar refractivity (Wildman–Crippen MR) is 75.9 cm³/mol. The van der Waals surface area contributed by atoms with E-state index in [-0.39, 0.29) is 0 Å². The standard InChI is InChI=1S/C17H16N/c1-3-7-14(8-4-1)16-11-12-18-17(13-16)15-9-5-2-6-10-15/h1-11,16H,12-13H2. The molecule has 89 valence electrons. The molecule has 1 atom stereocenters. The third-order valence-corrected chi connectivity index (χ3v) is 3.42. The van der Waals surface area contributed by atoms with Gasteiger partial charge < -0.3 is 0 Å². The molecule has 1 radical (unpaired) electrons. The van der Waals surface area contributed by atoms with Crippen molar-refractivity contribution >= 4 is 5.71 Å². The molecule has 1 heteroatoms. The minimum atomic E-state index is 0.499. The second-order valence-electron chi connectivity index (χ2n) is 4.61. The van der Waals surface area contributed by atoms with Gasteiger partial charge in [0.15, 0.2) is 0 Å². The smallest absolute Gasteiger partial charge is 0.0430 e. The monoisotopic (exact) mass is 234 g/mol. The quantitative estimate of drug-likeness (QED) is 0.748. The molecule has 0 aliphatic carbocycles. The van der Waals surface area contributed by atoms with Gasteiger partial charge >= 0.3 is 0 Å². The Labute approximate surface area is 108 Å². The third-order valence-electron chi connectivity index (χ3n) is 3.42. The number of aliphatic imine (C=N–C) groups is 1. The van der Waals surface area contributed by atoms with Crippen LogP contribution < -0.4 is 0 Å². The van der Waals surface area contributed by atoms with Crippen LogP contribution in [0.15, 0.2) is 65.7 Å².